The van der Waals surface area contributed by atoms with Gasteiger partial charge in [-0.25, -0.2) is 9.78 Å². The number of rotatable bonds is 2. The standard InChI is InChI=1S/C17H16ClF3N4O/c18-13-2-4-14(5-3-13)23-16(26)25-9-7-24(8-10-25)15-6-1-12(11-22-15)17(19,20)21/h1-6,11H,7-10H2,(H,23,26). The molecular formula is C17H16ClF3N4O. The van der Waals surface area contributed by atoms with Crippen molar-refractivity contribution < 1.29 is 18.0 Å². The van der Waals surface area contributed by atoms with Crippen molar-refractivity contribution in [3.05, 3.63) is 53.2 Å². The van der Waals surface area contributed by atoms with E-state index in [4.69, 9.17) is 11.6 Å². The minimum Gasteiger partial charge on any atom is -0.353 e. The van der Waals surface area contributed by atoms with Gasteiger partial charge in [0, 0.05) is 43.1 Å². The Morgan fingerprint density at radius 2 is 1.69 bits per heavy atom. The monoisotopic (exact) mass is 384 g/mol. The molecule has 5 nitrogen and oxygen atoms in total. The lowest BCUT2D eigenvalue weighted by Gasteiger charge is -2.35. The number of pyridine rings is 1. The molecule has 1 aromatic heterocycles. The molecule has 0 unspecified atom stereocenters. The maximum Gasteiger partial charge on any atom is 0.417 e. The van der Waals surface area contributed by atoms with Gasteiger partial charge in [-0.05, 0) is 36.4 Å². The van der Waals surface area contributed by atoms with Crippen LogP contribution in [0.1, 0.15) is 5.56 Å². The van der Waals surface area contributed by atoms with Gasteiger partial charge in [0.25, 0.3) is 0 Å². The third-order valence-electron chi connectivity index (χ3n) is 4.06. The van der Waals surface area contributed by atoms with E-state index in [2.05, 4.69) is 10.3 Å². The summed E-state index contributed by atoms with van der Waals surface area (Å²) in [6.07, 6.45) is -3.57. The summed E-state index contributed by atoms with van der Waals surface area (Å²) in [5, 5.41) is 3.37. The number of hydrogen-bond donors (Lipinski definition) is 1. The third kappa shape index (κ3) is 4.37. The highest BCUT2D eigenvalue weighted by Crippen LogP contribution is 2.29. The summed E-state index contributed by atoms with van der Waals surface area (Å²) in [6, 6.07) is 8.93. The molecule has 3 rings (SSSR count). The Bertz CT molecular complexity index is 757. The molecule has 0 radical (unpaired) electrons. The Hall–Kier alpha value is -2.48. The number of anilines is 2. The van der Waals surface area contributed by atoms with Gasteiger partial charge in [0.1, 0.15) is 5.82 Å². The van der Waals surface area contributed by atoms with Crippen molar-refractivity contribution in [1.82, 2.24) is 9.88 Å². The van der Waals surface area contributed by atoms with E-state index in [-0.39, 0.29) is 6.03 Å². The van der Waals surface area contributed by atoms with Gasteiger partial charge < -0.3 is 15.1 Å². The van der Waals surface area contributed by atoms with E-state index in [0.29, 0.717) is 42.7 Å². The molecule has 2 amide bonds. The van der Waals surface area contributed by atoms with E-state index >= 15 is 0 Å². The van der Waals surface area contributed by atoms with Gasteiger partial charge >= 0.3 is 12.2 Å². The molecule has 0 spiro atoms. The molecule has 2 heterocycles. The summed E-state index contributed by atoms with van der Waals surface area (Å²) in [6.45, 7) is 1.88. The summed E-state index contributed by atoms with van der Waals surface area (Å²) < 4.78 is 37.8. The van der Waals surface area contributed by atoms with Crippen molar-refractivity contribution in [3.63, 3.8) is 0 Å². The van der Waals surface area contributed by atoms with Gasteiger partial charge in [-0.15, -0.1) is 0 Å². The molecule has 9 heteroatoms. The zero-order valence-electron chi connectivity index (χ0n) is 13.6. The van der Waals surface area contributed by atoms with Crippen LogP contribution in [0, 0.1) is 0 Å². The summed E-state index contributed by atoms with van der Waals surface area (Å²) in [7, 11) is 0. The molecule has 138 valence electrons. The quantitative estimate of drug-likeness (QED) is 0.847. The molecule has 1 aliphatic rings. The average Bonchev–Trinajstić information content (AvgIpc) is 2.63. The second kappa shape index (κ2) is 7.41. The number of benzene rings is 1. The number of amides is 2. The summed E-state index contributed by atoms with van der Waals surface area (Å²) >= 11 is 5.81. The van der Waals surface area contributed by atoms with Crippen LogP contribution in [-0.4, -0.2) is 42.1 Å². The molecule has 1 N–H and O–H groups in total. The van der Waals surface area contributed by atoms with Crippen molar-refractivity contribution in [2.75, 3.05) is 36.4 Å². The van der Waals surface area contributed by atoms with Crippen molar-refractivity contribution in [1.29, 1.82) is 0 Å². The average molecular weight is 385 g/mol. The van der Waals surface area contributed by atoms with E-state index in [0.717, 1.165) is 12.3 Å². The summed E-state index contributed by atoms with van der Waals surface area (Å²) in [5.41, 5.74) is -0.131. The fourth-order valence-electron chi connectivity index (χ4n) is 2.62. The molecule has 26 heavy (non-hydrogen) atoms. The lowest BCUT2D eigenvalue weighted by molar-refractivity contribution is -0.137. The van der Waals surface area contributed by atoms with Gasteiger partial charge in [-0.3, -0.25) is 0 Å². The predicted octanol–water partition coefficient (Wildman–Crippen LogP) is 4.11. The van der Waals surface area contributed by atoms with Crippen LogP contribution in [0.2, 0.25) is 5.02 Å². The Kier molecular flexibility index (Phi) is 5.22. The Morgan fingerprint density at radius 1 is 1.04 bits per heavy atom. The largest absolute Gasteiger partial charge is 0.417 e. The number of nitrogens with one attached hydrogen (secondary N) is 1. The van der Waals surface area contributed by atoms with Crippen LogP contribution in [-0.2, 0) is 6.18 Å². The lowest BCUT2D eigenvalue weighted by atomic mass is 10.2. The van der Waals surface area contributed by atoms with E-state index in [9.17, 15) is 18.0 Å². The summed E-state index contributed by atoms with van der Waals surface area (Å²) in [4.78, 5) is 19.7. The lowest BCUT2D eigenvalue weighted by Crippen LogP contribution is -2.50. The predicted molar refractivity (Wildman–Crippen MR) is 93.5 cm³/mol. The first-order valence-corrected chi connectivity index (χ1v) is 8.30. The van der Waals surface area contributed by atoms with Crippen LogP contribution in [0.3, 0.4) is 0 Å². The molecule has 0 saturated carbocycles. The fraction of sp³-hybridized carbons (Fsp3) is 0.294. The van der Waals surface area contributed by atoms with Crippen LogP contribution >= 0.6 is 11.6 Å². The minimum absolute atomic E-state index is 0.229. The number of alkyl halides is 3. The number of aromatic nitrogens is 1. The Labute approximate surface area is 153 Å². The van der Waals surface area contributed by atoms with Gasteiger partial charge in [-0.1, -0.05) is 11.6 Å². The third-order valence-corrected chi connectivity index (χ3v) is 4.31. The van der Waals surface area contributed by atoms with E-state index in [1.54, 1.807) is 29.2 Å². The van der Waals surface area contributed by atoms with Gasteiger partial charge in [0.15, 0.2) is 0 Å². The SMILES string of the molecule is O=C(Nc1ccc(Cl)cc1)N1CCN(c2ccc(C(F)(F)F)cn2)CC1. The first-order chi connectivity index (χ1) is 12.3. The number of urea groups is 1. The smallest absolute Gasteiger partial charge is 0.353 e. The van der Waals surface area contributed by atoms with E-state index < -0.39 is 11.7 Å². The molecule has 0 aliphatic carbocycles. The van der Waals surface area contributed by atoms with Crippen LogP contribution in [0.25, 0.3) is 0 Å². The van der Waals surface area contributed by atoms with Gasteiger partial charge in [0.2, 0.25) is 0 Å². The van der Waals surface area contributed by atoms with Gasteiger partial charge in [0.05, 0.1) is 5.56 Å². The molecule has 2 aromatic rings. The highest BCUT2D eigenvalue weighted by molar-refractivity contribution is 6.30. The van der Waals surface area contributed by atoms with Crippen LogP contribution in [0.5, 0.6) is 0 Å². The van der Waals surface area contributed by atoms with Crippen molar-refractivity contribution >= 4 is 29.1 Å². The molecule has 0 atom stereocenters. The number of nitrogens with zero attached hydrogens (tertiary/aromatic N) is 3. The van der Waals surface area contributed by atoms with Crippen molar-refractivity contribution in [2.24, 2.45) is 0 Å². The number of carbonyl (C=O) groups excluding carboxylic acids is 1. The highest BCUT2D eigenvalue weighted by Gasteiger charge is 2.31. The molecular weight excluding hydrogens is 369 g/mol. The number of hydrogen-bond acceptors (Lipinski definition) is 3. The first kappa shape index (κ1) is 18.3. The van der Waals surface area contributed by atoms with Crippen LogP contribution in [0.15, 0.2) is 42.6 Å². The zero-order valence-corrected chi connectivity index (χ0v) is 14.4. The van der Waals surface area contributed by atoms with Crippen molar-refractivity contribution in [2.45, 2.75) is 6.18 Å². The molecule has 1 aromatic carbocycles. The molecule has 0 bridgehead atoms. The van der Waals surface area contributed by atoms with Crippen LogP contribution < -0.4 is 10.2 Å². The molecule has 1 saturated heterocycles. The second-order valence-electron chi connectivity index (χ2n) is 5.81. The number of piperazine rings is 1. The fourth-order valence-corrected chi connectivity index (χ4v) is 2.74. The summed E-state index contributed by atoms with van der Waals surface area (Å²) in [5.74, 6) is 0.468. The topological polar surface area (TPSA) is 48.5 Å². The Balaban J connectivity index is 1.55. The zero-order chi connectivity index (χ0) is 18.7. The minimum atomic E-state index is -4.40. The van der Waals surface area contributed by atoms with Crippen LogP contribution in [0.4, 0.5) is 29.5 Å². The van der Waals surface area contributed by atoms with Gasteiger partial charge in [-0.2, -0.15) is 13.2 Å². The molecule has 1 fully saturated rings. The normalized spacial score (nSPS) is 15.1. The van der Waals surface area contributed by atoms with E-state index in [1.165, 1.54) is 6.07 Å². The maximum atomic E-state index is 12.6. The highest BCUT2D eigenvalue weighted by atomic mass is 35.5. The maximum absolute atomic E-state index is 12.6. The van der Waals surface area contributed by atoms with E-state index in [1.807, 2.05) is 4.90 Å². The Morgan fingerprint density at radius 3 is 2.23 bits per heavy atom. The number of halogens is 4. The van der Waals surface area contributed by atoms with Crippen molar-refractivity contribution in [3.8, 4) is 0 Å². The number of carbonyl (C=O) groups is 1. The first-order valence-electron chi connectivity index (χ1n) is 7.92. The second-order valence-corrected chi connectivity index (χ2v) is 6.25. The molecule has 1 aliphatic heterocycles.